The van der Waals surface area contributed by atoms with Crippen LogP contribution in [0.25, 0.3) is 0 Å². The zero-order chi connectivity index (χ0) is 11.1. The molecule has 3 heteroatoms. The highest BCUT2D eigenvalue weighted by atomic mass is 15.1. The molecule has 0 aliphatic carbocycles. The third-order valence-corrected chi connectivity index (χ3v) is 2.26. The monoisotopic (exact) mass is 205 g/mol. The smallest absolute Gasteiger partial charge is 0.188 e. The molecule has 0 fully saturated rings. The molecule has 1 unspecified atom stereocenters. The number of nitrogens with two attached hydrogens (primary N) is 1. The number of nitrogens with one attached hydrogen (secondary N) is 1. The van der Waals surface area contributed by atoms with Crippen molar-refractivity contribution in [3.8, 4) is 0 Å². The number of benzene rings is 1. The van der Waals surface area contributed by atoms with E-state index in [1.54, 1.807) is 0 Å². The van der Waals surface area contributed by atoms with Gasteiger partial charge in [-0.25, -0.2) is 0 Å². The van der Waals surface area contributed by atoms with Crippen LogP contribution in [0.15, 0.2) is 35.3 Å². The first-order valence-corrected chi connectivity index (χ1v) is 5.32. The normalized spacial score (nSPS) is 13.6. The van der Waals surface area contributed by atoms with E-state index in [1.165, 1.54) is 5.56 Å². The lowest BCUT2D eigenvalue weighted by Gasteiger charge is -2.09. The molecular formula is C12H19N3. The maximum absolute atomic E-state index is 5.65. The Balaban J connectivity index is 2.49. The van der Waals surface area contributed by atoms with Gasteiger partial charge in [0.1, 0.15) is 0 Å². The van der Waals surface area contributed by atoms with Gasteiger partial charge in [-0.3, -0.25) is 4.99 Å². The van der Waals surface area contributed by atoms with Crippen LogP contribution >= 0.6 is 0 Å². The van der Waals surface area contributed by atoms with Gasteiger partial charge < -0.3 is 11.1 Å². The van der Waals surface area contributed by atoms with E-state index >= 15 is 0 Å². The molecule has 1 aromatic carbocycles. The van der Waals surface area contributed by atoms with E-state index < -0.39 is 0 Å². The summed E-state index contributed by atoms with van der Waals surface area (Å²) in [6.45, 7) is 5.69. The Morgan fingerprint density at radius 2 is 2.07 bits per heavy atom. The topological polar surface area (TPSA) is 50.4 Å². The fourth-order valence-corrected chi connectivity index (χ4v) is 1.36. The largest absolute Gasteiger partial charge is 0.370 e. The van der Waals surface area contributed by atoms with Crippen LogP contribution in [0, 0.1) is 0 Å². The van der Waals surface area contributed by atoms with E-state index in [0.29, 0.717) is 11.9 Å². The van der Waals surface area contributed by atoms with Gasteiger partial charge in [-0.15, -0.1) is 0 Å². The molecule has 0 saturated carbocycles. The Bertz CT molecular complexity index is 306. The summed E-state index contributed by atoms with van der Waals surface area (Å²) in [6.07, 6.45) is 0. The van der Waals surface area contributed by atoms with Crippen LogP contribution in [-0.4, -0.2) is 19.0 Å². The predicted molar refractivity (Wildman–Crippen MR) is 65.0 cm³/mol. The molecule has 0 amide bonds. The van der Waals surface area contributed by atoms with Crippen LogP contribution in [-0.2, 0) is 0 Å². The van der Waals surface area contributed by atoms with Crippen LogP contribution in [0.5, 0.6) is 0 Å². The molecule has 0 heterocycles. The Morgan fingerprint density at radius 1 is 1.40 bits per heavy atom. The lowest BCUT2D eigenvalue weighted by molar-refractivity contribution is 0.767. The van der Waals surface area contributed by atoms with Crippen molar-refractivity contribution in [2.45, 2.75) is 19.8 Å². The van der Waals surface area contributed by atoms with Crippen molar-refractivity contribution in [1.29, 1.82) is 0 Å². The summed E-state index contributed by atoms with van der Waals surface area (Å²) in [6, 6.07) is 10.3. The highest BCUT2D eigenvalue weighted by molar-refractivity contribution is 5.77. The van der Waals surface area contributed by atoms with Crippen LogP contribution in [0.4, 0.5) is 0 Å². The average molecular weight is 205 g/mol. The number of nitrogens with zero attached hydrogens (tertiary/aromatic N) is 1. The molecule has 0 radical (unpaired) electrons. The minimum atomic E-state index is 0.406. The zero-order valence-electron chi connectivity index (χ0n) is 9.40. The van der Waals surface area contributed by atoms with Crippen molar-refractivity contribution in [1.82, 2.24) is 5.32 Å². The molecule has 0 saturated heterocycles. The lowest BCUT2D eigenvalue weighted by atomic mass is 10.0. The Morgan fingerprint density at radius 3 is 2.67 bits per heavy atom. The van der Waals surface area contributed by atoms with Crippen molar-refractivity contribution >= 4 is 5.96 Å². The third kappa shape index (κ3) is 4.02. The molecule has 0 aromatic heterocycles. The van der Waals surface area contributed by atoms with Crippen molar-refractivity contribution in [2.75, 3.05) is 13.1 Å². The van der Waals surface area contributed by atoms with E-state index in [0.717, 1.165) is 13.1 Å². The minimum absolute atomic E-state index is 0.406. The second-order valence-corrected chi connectivity index (χ2v) is 3.57. The molecule has 1 rings (SSSR count). The molecule has 15 heavy (non-hydrogen) atoms. The number of hydrogen-bond donors (Lipinski definition) is 2. The first kappa shape index (κ1) is 11.6. The SMILES string of the molecule is CCNC(N)=NCC(C)c1ccccc1. The summed E-state index contributed by atoms with van der Waals surface area (Å²) in [5, 5.41) is 2.98. The highest BCUT2D eigenvalue weighted by Crippen LogP contribution is 2.14. The standard InChI is InChI=1S/C12H19N3/c1-3-14-12(13)15-9-10(2)11-7-5-4-6-8-11/h4-8,10H,3,9H2,1-2H3,(H3,13,14,15). The summed E-state index contributed by atoms with van der Waals surface area (Å²) in [4.78, 5) is 4.27. The first-order chi connectivity index (χ1) is 7.24. The third-order valence-electron chi connectivity index (χ3n) is 2.26. The molecular weight excluding hydrogens is 186 g/mol. The molecule has 0 bridgehead atoms. The summed E-state index contributed by atoms with van der Waals surface area (Å²) in [5.41, 5.74) is 6.95. The van der Waals surface area contributed by atoms with E-state index in [4.69, 9.17) is 5.73 Å². The summed E-state index contributed by atoms with van der Waals surface area (Å²) in [7, 11) is 0. The van der Waals surface area contributed by atoms with Crippen molar-refractivity contribution in [2.24, 2.45) is 10.7 Å². The fourth-order valence-electron chi connectivity index (χ4n) is 1.36. The van der Waals surface area contributed by atoms with Crippen LogP contribution < -0.4 is 11.1 Å². The van der Waals surface area contributed by atoms with Crippen LogP contribution in [0.1, 0.15) is 25.3 Å². The second kappa shape index (κ2) is 6.06. The molecule has 0 spiro atoms. The van der Waals surface area contributed by atoms with Gasteiger partial charge in [0.15, 0.2) is 5.96 Å². The Hall–Kier alpha value is -1.51. The van der Waals surface area contributed by atoms with Gasteiger partial charge in [0.05, 0.1) is 0 Å². The van der Waals surface area contributed by atoms with Gasteiger partial charge >= 0.3 is 0 Å². The summed E-state index contributed by atoms with van der Waals surface area (Å²) >= 11 is 0. The van der Waals surface area contributed by atoms with E-state index in [9.17, 15) is 0 Å². The minimum Gasteiger partial charge on any atom is -0.370 e. The van der Waals surface area contributed by atoms with Crippen LogP contribution in [0.3, 0.4) is 0 Å². The zero-order valence-corrected chi connectivity index (χ0v) is 9.40. The van der Waals surface area contributed by atoms with Gasteiger partial charge in [0, 0.05) is 19.0 Å². The maximum atomic E-state index is 5.65. The number of aliphatic imine (C=N–C) groups is 1. The fraction of sp³-hybridized carbons (Fsp3) is 0.417. The van der Waals surface area contributed by atoms with Crippen LogP contribution in [0.2, 0.25) is 0 Å². The number of rotatable bonds is 4. The van der Waals surface area contributed by atoms with Gasteiger partial charge in [0.2, 0.25) is 0 Å². The molecule has 3 N–H and O–H groups in total. The quantitative estimate of drug-likeness (QED) is 0.581. The number of guanidine groups is 1. The van der Waals surface area contributed by atoms with Crippen molar-refractivity contribution in [3.05, 3.63) is 35.9 Å². The van der Waals surface area contributed by atoms with E-state index in [1.807, 2.05) is 25.1 Å². The van der Waals surface area contributed by atoms with Gasteiger partial charge in [-0.1, -0.05) is 37.3 Å². The Kier molecular flexibility index (Phi) is 4.68. The average Bonchev–Trinajstić information content (AvgIpc) is 2.27. The summed E-state index contributed by atoms with van der Waals surface area (Å²) in [5.74, 6) is 0.934. The Labute approximate surface area is 91.4 Å². The van der Waals surface area contributed by atoms with Crippen molar-refractivity contribution < 1.29 is 0 Å². The maximum Gasteiger partial charge on any atom is 0.188 e. The number of hydrogen-bond acceptors (Lipinski definition) is 1. The van der Waals surface area contributed by atoms with Crippen molar-refractivity contribution in [3.63, 3.8) is 0 Å². The molecule has 1 aromatic rings. The first-order valence-electron chi connectivity index (χ1n) is 5.32. The summed E-state index contributed by atoms with van der Waals surface area (Å²) < 4.78 is 0. The van der Waals surface area contributed by atoms with E-state index in [-0.39, 0.29) is 0 Å². The molecule has 0 aliphatic heterocycles. The molecule has 1 atom stereocenters. The molecule has 3 nitrogen and oxygen atoms in total. The second-order valence-electron chi connectivity index (χ2n) is 3.57. The van der Waals surface area contributed by atoms with Gasteiger partial charge in [-0.05, 0) is 12.5 Å². The molecule has 0 aliphatic rings. The molecule has 82 valence electrons. The van der Waals surface area contributed by atoms with E-state index in [2.05, 4.69) is 29.4 Å². The van der Waals surface area contributed by atoms with Gasteiger partial charge in [0.25, 0.3) is 0 Å². The predicted octanol–water partition coefficient (Wildman–Crippen LogP) is 1.71. The lowest BCUT2D eigenvalue weighted by Crippen LogP contribution is -2.31. The highest BCUT2D eigenvalue weighted by Gasteiger charge is 2.03. The van der Waals surface area contributed by atoms with Gasteiger partial charge in [-0.2, -0.15) is 0 Å².